The van der Waals surface area contributed by atoms with Gasteiger partial charge in [-0.15, -0.1) is 0 Å². The molecule has 1 saturated carbocycles. The van der Waals surface area contributed by atoms with Crippen molar-refractivity contribution in [3.63, 3.8) is 0 Å². The van der Waals surface area contributed by atoms with Crippen molar-refractivity contribution >= 4 is 0 Å². The van der Waals surface area contributed by atoms with Crippen molar-refractivity contribution in [2.24, 2.45) is 11.8 Å². The summed E-state index contributed by atoms with van der Waals surface area (Å²) in [6, 6.07) is 9.63. The maximum Gasteiger partial charge on any atom is 0.132 e. The SMILES string of the molecule is CCCCCCCc1ccc(-c2ccc(CCC3CCC(CCCCCC)CC3)cc2F)nn1. The number of hydrogen-bond acceptors (Lipinski definition) is 2. The van der Waals surface area contributed by atoms with Gasteiger partial charge in [0, 0.05) is 5.56 Å². The minimum atomic E-state index is -0.171. The molecule has 1 aliphatic rings. The van der Waals surface area contributed by atoms with Gasteiger partial charge in [-0.25, -0.2) is 4.39 Å². The first-order chi connectivity index (χ1) is 16.7. The standard InChI is InChI=1S/C31H47FN2/c1-3-5-7-9-11-13-28-21-23-31(34-33-28)29-22-20-27(24-30(29)32)19-18-26-16-14-25(15-17-26)12-10-8-6-4-2/h20-26H,3-19H2,1-2H3. The van der Waals surface area contributed by atoms with Gasteiger partial charge in [0.05, 0.1) is 11.4 Å². The van der Waals surface area contributed by atoms with Crippen LogP contribution in [-0.2, 0) is 12.8 Å². The van der Waals surface area contributed by atoms with E-state index in [-0.39, 0.29) is 5.82 Å². The average Bonchev–Trinajstić information content (AvgIpc) is 2.86. The van der Waals surface area contributed by atoms with Gasteiger partial charge in [-0.1, -0.05) is 103 Å². The van der Waals surface area contributed by atoms with Crippen molar-refractivity contribution in [3.8, 4) is 11.3 Å². The van der Waals surface area contributed by atoms with Crippen LogP contribution in [0.3, 0.4) is 0 Å². The van der Waals surface area contributed by atoms with Crippen LogP contribution in [-0.4, -0.2) is 10.2 Å². The summed E-state index contributed by atoms with van der Waals surface area (Å²) in [5.74, 6) is 1.60. The molecule has 0 spiro atoms. The van der Waals surface area contributed by atoms with E-state index in [9.17, 15) is 4.39 Å². The monoisotopic (exact) mass is 466 g/mol. The molecule has 1 aromatic heterocycles. The quantitative estimate of drug-likeness (QED) is 0.244. The second kappa shape index (κ2) is 15.3. The lowest BCUT2D eigenvalue weighted by Crippen LogP contribution is -2.15. The van der Waals surface area contributed by atoms with E-state index in [1.54, 1.807) is 6.07 Å². The van der Waals surface area contributed by atoms with Gasteiger partial charge < -0.3 is 0 Å². The molecule has 0 aliphatic heterocycles. The molecule has 188 valence electrons. The molecule has 34 heavy (non-hydrogen) atoms. The van der Waals surface area contributed by atoms with Gasteiger partial charge in [0.1, 0.15) is 5.82 Å². The predicted molar refractivity (Wildman–Crippen MR) is 142 cm³/mol. The van der Waals surface area contributed by atoms with Gasteiger partial charge in [-0.05, 0) is 67.3 Å². The number of nitrogens with zero attached hydrogens (tertiary/aromatic N) is 2. The molecule has 0 radical (unpaired) electrons. The van der Waals surface area contributed by atoms with Crippen molar-refractivity contribution in [2.75, 3.05) is 0 Å². The van der Waals surface area contributed by atoms with E-state index >= 15 is 0 Å². The molecule has 3 heteroatoms. The minimum absolute atomic E-state index is 0.171. The number of unbranched alkanes of at least 4 members (excludes halogenated alkanes) is 7. The number of benzene rings is 1. The molecular weight excluding hydrogens is 419 g/mol. The Bertz CT molecular complexity index is 809. The number of hydrogen-bond donors (Lipinski definition) is 0. The molecule has 0 unspecified atom stereocenters. The molecule has 0 N–H and O–H groups in total. The highest BCUT2D eigenvalue weighted by Gasteiger charge is 2.21. The zero-order valence-corrected chi connectivity index (χ0v) is 21.8. The molecule has 0 atom stereocenters. The van der Waals surface area contributed by atoms with Crippen LogP contribution in [0.5, 0.6) is 0 Å². The molecule has 1 aromatic carbocycles. The van der Waals surface area contributed by atoms with Crippen LogP contribution in [0.25, 0.3) is 11.3 Å². The highest BCUT2D eigenvalue weighted by molar-refractivity contribution is 5.59. The maximum atomic E-state index is 14.9. The van der Waals surface area contributed by atoms with E-state index in [1.807, 2.05) is 18.2 Å². The van der Waals surface area contributed by atoms with E-state index in [2.05, 4.69) is 30.1 Å². The largest absolute Gasteiger partial charge is 0.206 e. The van der Waals surface area contributed by atoms with Gasteiger partial charge in [-0.3, -0.25) is 0 Å². The minimum Gasteiger partial charge on any atom is -0.206 e. The summed E-state index contributed by atoms with van der Waals surface area (Å²) in [7, 11) is 0. The molecule has 2 nitrogen and oxygen atoms in total. The Morgan fingerprint density at radius 2 is 1.38 bits per heavy atom. The van der Waals surface area contributed by atoms with Gasteiger partial charge in [0.25, 0.3) is 0 Å². The van der Waals surface area contributed by atoms with E-state index in [0.29, 0.717) is 11.3 Å². The smallest absolute Gasteiger partial charge is 0.132 e. The van der Waals surface area contributed by atoms with Gasteiger partial charge in [-0.2, -0.15) is 10.2 Å². The number of aromatic nitrogens is 2. The summed E-state index contributed by atoms with van der Waals surface area (Å²) in [5.41, 5.74) is 3.32. The van der Waals surface area contributed by atoms with Crippen LogP contribution in [0.1, 0.15) is 121 Å². The van der Waals surface area contributed by atoms with Crippen LogP contribution >= 0.6 is 0 Å². The predicted octanol–water partition coefficient (Wildman–Crippen LogP) is 9.50. The van der Waals surface area contributed by atoms with Crippen molar-refractivity contribution < 1.29 is 4.39 Å². The first kappa shape index (κ1) is 26.8. The summed E-state index contributed by atoms with van der Waals surface area (Å²) in [5, 5.41) is 8.67. The van der Waals surface area contributed by atoms with Crippen LogP contribution in [0.2, 0.25) is 0 Å². The Labute approximate surface area is 208 Å². The Balaban J connectivity index is 1.41. The molecule has 0 bridgehead atoms. The number of halogens is 1. The third-order valence-electron chi connectivity index (χ3n) is 7.84. The third kappa shape index (κ3) is 9.12. The van der Waals surface area contributed by atoms with Crippen LogP contribution < -0.4 is 0 Å². The van der Waals surface area contributed by atoms with Crippen LogP contribution in [0.4, 0.5) is 4.39 Å². The molecule has 1 heterocycles. The van der Waals surface area contributed by atoms with Gasteiger partial charge in [0.15, 0.2) is 0 Å². The molecule has 0 amide bonds. The second-order valence-corrected chi connectivity index (χ2v) is 10.7. The fourth-order valence-corrected chi connectivity index (χ4v) is 5.51. The lowest BCUT2D eigenvalue weighted by Gasteiger charge is -2.28. The van der Waals surface area contributed by atoms with Gasteiger partial charge >= 0.3 is 0 Å². The number of rotatable bonds is 15. The van der Waals surface area contributed by atoms with Crippen LogP contribution in [0, 0.1) is 17.7 Å². The summed E-state index contributed by atoms with van der Waals surface area (Å²) in [6.07, 6.45) is 21.9. The normalized spacial score (nSPS) is 18.3. The Morgan fingerprint density at radius 3 is 2.03 bits per heavy atom. The Kier molecular flexibility index (Phi) is 12.1. The first-order valence-electron chi connectivity index (χ1n) is 14.3. The summed E-state index contributed by atoms with van der Waals surface area (Å²) < 4.78 is 14.9. The maximum absolute atomic E-state index is 14.9. The molecule has 3 rings (SSSR count). The van der Waals surface area contributed by atoms with Crippen LogP contribution in [0.15, 0.2) is 30.3 Å². The van der Waals surface area contributed by atoms with Crippen molar-refractivity contribution in [3.05, 3.63) is 47.4 Å². The molecule has 1 fully saturated rings. The zero-order valence-electron chi connectivity index (χ0n) is 21.8. The first-order valence-corrected chi connectivity index (χ1v) is 14.3. The highest BCUT2D eigenvalue weighted by Crippen LogP contribution is 2.34. The molecular formula is C31H47FN2. The lowest BCUT2D eigenvalue weighted by atomic mass is 9.77. The zero-order chi connectivity index (χ0) is 24.0. The van der Waals surface area contributed by atoms with E-state index in [1.165, 1.54) is 89.9 Å². The Morgan fingerprint density at radius 1 is 0.706 bits per heavy atom. The van der Waals surface area contributed by atoms with E-state index in [4.69, 9.17) is 0 Å². The summed E-state index contributed by atoms with van der Waals surface area (Å²) in [6.45, 7) is 4.52. The summed E-state index contributed by atoms with van der Waals surface area (Å²) >= 11 is 0. The number of aryl methyl sites for hydroxylation is 2. The average molecular weight is 467 g/mol. The fraction of sp³-hybridized carbons (Fsp3) is 0.677. The molecule has 0 saturated heterocycles. The third-order valence-corrected chi connectivity index (χ3v) is 7.84. The topological polar surface area (TPSA) is 25.8 Å². The molecule has 1 aliphatic carbocycles. The summed E-state index contributed by atoms with van der Waals surface area (Å²) in [4.78, 5) is 0. The second-order valence-electron chi connectivity index (χ2n) is 10.7. The molecule has 2 aromatic rings. The van der Waals surface area contributed by atoms with Crippen molar-refractivity contribution in [2.45, 2.75) is 123 Å². The van der Waals surface area contributed by atoms with Crippen molar-refractivity contribution in [1.29, 1.82) is 0 Å². The fourth-order valence-electron chi connectivity index (χ4n) is 5.51. The lowest BCUT2D eigenvalue weighted by molar-refractivity contribution is 0.249. The van der Waals surface area contributed by atoms with Gasteiger partial charge in [0.2, 0.25) is 0 Å². The van der Waals surface area contributed by atoms with E-state index in [0.717, 1.165) is 42.4 Å². The highest BCUT2D eigenvalue weighted by atomic mass is 19.1. The van der Waals surface area contributed by atoms with Crippen molar-refractivity contribution in [1.82, 2.24) is 10.2 Å². The van der Waals surface area contributed by atoms with E-state index < -0.39 is 0 Å². The Hall–Kier alpha value is -1.77.